The molecule has 0 atom stereocenters. The van der Waals surface area contributed by atoms with Crippen LogP contribution in [0, 0.1) is 10.1 Å². The number of rotatable bonds is 5. The summed E-state index contributed by atoms with van der Waals surface area (Å²) in [5, 5.41) is 16.1. The van der Waals surface area contributed by atoms with Gasteiger partial charge in [-0.05, 0) is 12.1 Å². The highest BCUT2D eigenvalue weighted by Gasteiger charge is 2.10. The van der Waals surface area contributed by atoms with Crippen LogP contribution in [0.4, 0.5) is 17.1 Å². The number of nitrogens with zero attached hydrogens (tertiary/aromatic N) is 1. The predicted octanol–water partition coefficient (Wildman–Crippen LogP) is 0.725. The molecule has 0 fully saturated rings. The topological polar surface area (TPSA) is 110 Å². The Hall–Kier alpha value is -2.31. The zero-order valence-corrected chi connectivity index (χ0v) is 9.40. The van der Waals surface area contributed by atoms with Crippen molar-refractivity contribution in [3.05, 3.63) is 28.3 Å². The summed E-state index contributed by atoms with van der Waals surface area (Å²) in [4.78, 5) is 20.6. The summed E-state index contributed by atoms with van der Waals surface area (Å²) in [5.41, 5.74) is 6.20. The Balaban J connectivity index is 2.53. The number of nitro benzene ring substituents is 1. The highest BCUT2D eigenvalue weighted by atomic mass is 16.6. The van der Waals surface area contributed by atoms with Crippen molar-refractivity contribution in [3.63, 3.8) is 0 Å². The fourth-order valence-corrected chi connectivity index (χ4v) is 1.28. The van der Waals surface area contributed by atoms with Crippen LogP contribution in [0.2, 0.25) is 0 Å². The fraction of sp³-hybridized carbons (Fsp3) is 0.300. The van der Waals surface area contributed by atoms with Gasteiger partial charge in [0.2, 0.25) is 5.91 Å². The van der Waals surface area contributed by atoms with Crippen LogP contribution >= 0.6 is 0 Å². The van der Waals surface area contributed by atoms with Gasteiger partial charge in [-0.1, -0.05) is 0 Å². The predicted molar refractivity (Wildman–Crippen MR) is 64.7 cm³/mol. The van der Waals surface area contributed by atoms with Gasteiger partial charge < -0.3 is 16.4 Å². The summed E-state index contributed by atoms with van der Waals surface area (Å²) in [5.74, 6) is -0.102. The number of nitrogens with one attached hydrogen (secondary N) is 2. The number of benzene rings is 1. The minimum Gasteiger partial charge on any atom is -0.393 e. The van der Waals surface area contributed by atoms with Gasteiger partial charge in [0.15, 0.2) is 0 Å². The van der Waals surface area contributed by atoms with Gasteiger partial charge in [-0.3, -0.25) is 14.9 Å². The Labute approximate surface area is 98.1 Å². The Kier molecular flexibility index (Phi) is 4.27. The number of carbonyl (C=O) groups is 1. The van der Waals surface area contributed by atoms with Gasteiger partial charge in [0.05, 0.1) is 4.92 Å². The lowest BCUT2D eigenvalue weighted by molar-refractivity contribution is -0.383. The largest absolute Gasteiger partial charge is 0.393 e. The van der Waals surface area contributed by atoms with Crippen LogP contribution in [0.3, 0.4) is 0 Å². The van der Waals surface area contributed by atoms with Crippen LogP contribution < -0.4 is 16.4 Å². The molecule has 0 saturated carbocycles. The van der Waals surface area contributed by atoms with Crippen LogP contribution in [-0.2, 0) is 4.79 Å². The van der Waals surface area contributed by atoms with E-state index in [2.05, 4.69) is 10.6 Å². The van der Waals surface area contributed by atoms with E-state index in [-0.39, 0.29) is 17.3 Å². The molecule has 7 nitrogen and oxygen atoms in total. The van der Waals surface area contributed by atoms with Crippen LogP contribution in [0.5, 0.6) is 0 Å². The number of nitrogen functional groups attached to an aromatic ring is 1. The van der Waals surface area contributed by atoms with Crippen molar-refractivity contribution in [1.82, 2.24) is 5.32 Å². The molecule has 0 aliphatic rings. The number of nitro groups is 1. The second kappa shape index (κ2) is 5.69. The van der Waals surface area contributed by atoms with Gasteiger partial charge in [0.1, 0.15) is 5.69 Å². The lowest BCUT2D eigenvalue weighted by Crippen LogP contribution is -2.26. The number of hydrogen-bond acceptors (Lipinski definition) is 5. The molecule has 0 spiro atoms. The van der Waals surface area contributed by atoms with Crippen LogP contribution in [0.15, 0.2) is 18.2 Å². The fourth-order valence-electron chi connectivity index (χ4n) is 1.28. The van der Waals surface area contributed by atoms with E-state index < -0.39 is 4.92 Å². The van der Waals surface area contributed by atoms with E-state index in [1.165, 1.54) is 19.1 Å². The zero-order valence-electron chi connectivity index (χ0n) is 9.40. The van der Waals surface area contributed by atoms with Crippen LogP contribution in [0.25, 0.3) is 0 Å². The molecule has 0 aliphatic heterocycles. The second-order valence-electron chi connectivity index (χ2n) is 3.44. The van der Waals surface area contributed by atoms with E-state index in [4.69, 9.17) is 5.73 Å². The van der Waals surface area contributed by atoms with E-state index in [0.717, 1.165) is 0 Å². The van der Waals surface area contributed by atoms with E-state index in [9.17, 15) is 14.9 Å². The Morgan fingerprint density at radius 1 is 1.47 bits per heavy atom. The monoisotopic (exact) mass is 238 g/mol. The average molecular weight is 238 g/mol. The SMILES string of the molecule is CC(=O)NCCNc1ccc([N+](=O)[O-])c(N)c1. The van der Waals surface area contributed by atoms with Crippen molar-refractivity contribution in [2.75, 3.05) is 24.1 Å². The van der Waals surface area contributed by atoms with E-state index >= 15 is 0 Å². The van der Waals surface area contributed by atoms with Crippen molar-refractivity contribution in [2.24, 2.45) is 0 Å². The molecule has 92 valence electrons. The second-order valence-corrected chi connectivity index (χ2v) is 3.44. The van der Waals surface area contributed by atoms with Gasteiger partial charge >= 0.3 is 0 Å². The molecule has 1 aromatic carbocycles. The number of carbonyl (C=O) groups excluding carboxylic acids is 1. The Morgan fingerprint density at radius 3 is 2.71 bits per heavy atom. The third kappa shape index (κ3) is 3.98. The molecule has 0 aliphatic carbocycles. The molecule has 1 amide bonds. The quantitative estimate of drug-likeness (QED) is 0.303. The Morgan fingerprint density at radius 2 is 2.18 bits per heavy atom. The molecule has 0 heterocycles. The summed E-state index contributed by atoms with van der Waals surface area (Å²) in [7, 11) is 0. The molecule has 1 rings (SSSR count). The standard InChI is InChI=1S/C10H14N4O3/c1-7(15)12-4-5-13-8-2-3-10(14(16)17)9(11)6-8/h2-3,6,13H,4-5,11H2,1H3,(H,12,15). The molecular formula is C10H14N4O3. The molecule has 0 radical (unpaired) electrons. The molecule has 1 aromatic rings. The lowest BCUT2D eigenvalue weighted by Gasteiger charge is -2.07. The van der Waals surface area contributed by atoms with Crippen LogP contribution in [0.1, 0.15) is 6.92 Å². The van der Waals surface area contributed by atoms with Gasteiger partial charge in [0.25, 0.3) is 5.69 Å². The summed E-state index contributed by atoms with van der Waals surface area (Å²) in [6, 6.07) is 4.41. The first-order chi connectivity index (χ1) is 8.00. The van der Waals surface area contributed by atoms with Crippen molar-refractivity contribution in [2.45, 2.75) is 6.92 Å². The third-order valence-electron chi connectivity index (χ3n) is 2.05. The van der Waals surface area contributed by atoms with Gasteiger partial charge in [-0.15, -0.1) is 0 Å². The molecule has 0 saturated heterocycles. The third-order valence-corrected chi connectivity index (χ3v) is 2.05. The van der Waals surface area contributed by atoms with Crippen molar-refractivity contribution >= 4 is 23.0 Å². The molecule has 4 N–H and O–H groups in total. The van der Waals surface area contributed by atoms with E-state index in [0.29, 0.717) is 18.8 Å². The normalized spacial score (nSPS) is 9.71. The van der Waals surface area contributed by atoms with Crippen molar-refractivity contribution in [3.8, 4) is 0 Å². The van der Waals surface area contributed by atoms with E-state index in [1.807, 2.05) is 0 Å². The zero-order chi connectivity index (χ0) is 12.8. The molecule has 0 bridgehead atoms. The maximum Gasteiger partial charge on any atom is 0.292 e. The number of amides is 1. The highest BCUT2D eigenvalue weighted by Crippen LogP contribution is 2.24. The highest BCUT2D eigenvalue weighted by molar-refractivity contribution is 5.72. The summed E-state index contributed by atoms with van der Waals surface area (Å²) >= 11 is 0. The maximum absolute atomic E-state index is 10.6. The lowest BCUT2D eigenvalue weighted by atomic mass is 10.2. The molecule has 0 aromatic heterocycles. The summed E-state index contributed by atoms with van der Waals surface area (Å²) in [6.07, 6.45) is 0. The first kappa shape index (κ1) is 12.8. The molecule has 7 heteroatoms. The van der Waals surface area contributed by atoms with Crippen molar-refractivity contribution in [1.29, 1.82) is 0 Å². The van der Waals surface area contributed by atoms with E-state index in [1.54, 1.807) is 6.07 Å². The van der Waals surface area contributed by atoms with Gasteiger partial charge in [-0.2, -0.15) is 0 Å². The number of anilines is 2. The average Bonchev–Trinajstić information content (AvgIpc) is 2.23. The first-order valence-electron chi connectivity index (χ1n) is 5.03. The summed E-state index contributed by atoms with van der Waals surface area (Å²) < 4.78 is 0. The maximum atomic E-state index is 10.6. The molecule has 0 unspecified atom stereocenters. The number of nitrogens with two attached hydrogens (primary N) is 1. The molecular weight excluding hydrogens is 224 g/mol. The minimum atomic E-state index is -0.531. The summed E-state index contributed by atoms with van der Waals surface area (Å²) in [6.45, 7) is 2.44. The van der Waals surface area contributed by atoms with Gasteiger partial charge in [-0.25, -0.2) is 0 Å². The number of hydrogen-bond donors (Lipinski definition) is 3. The molecule has 17 heavy (non-hydrogen) atoms. The Bertz CT molecular complexity index is 434. The van der Waals surface area contributed by atoms with Crippen molar-refractivity contribution < 1.29 is 9.72 Å². The first-order valence-corrected chi connectivity index (χ1v) is 5.03. The minimum absolute atomic E-state index is 0.102. The van der Waals surface area contributed by atoms with Gasteiger partial charge in [0, 0.05) is 31.8 Å². The van der Waals surface area contributed by atoms with Crippen LogP contribution in [-0.4, -0.2) is 23.9 Å². The smallest absolute Gasteiger partial charge is 0.292 e.